The Labute approximate surface area is 106 Å². The summed E-state index contributed by atoms with van der Waals surface area (Å²) in [7, 11) is 3.13. The molecule has 1 fully saturated rings. The molecule has 1 heterocycles. The average molecular weight is 254 g/mol. The first-order chi connectivity index (χ1) is 8.76. The highest BCUT2D eigenvalue weighted by atomic mass is 16.7. The second-order valence-corrected chi connectivity index (χ2v) is 4.00. The van der Waals surface area contributed by atoms with Gasteiger partial charge in [0.25, 0.3) is 0 Å². The molecule has 1 aromatic rings. The van der Waals surface area contributed by atoms with Gasteiger partial charge in [-0.25, -0.2) is 0 Å². The summed E-state index contributed by atoms with van der Waals surface area (Å²) in [4.78, 5) is 0. The zero-order chi connectivity index (χ0) is 13.0. The Balaban J connectivity index is 2.18. The highest BCUT2D eigenvalue weighted by molar-refractivity contribution is 5.46. The van der Waals surface area contributed by atoms with Crippen molar-refractivity contribution in [1.29, 1.82) is 0 Å². The fourth-order valence-electron chi connectivity index (χ4n) is 2.05. The van der Waals surface area contributed by atoms with Gasteiger partial charge in [-0.2, -0.15) is 0 Å². The van der Waals surface area contributed by atoms with Crippen molar-refractivity contribution in [2.45, 2.75) is 18.8 Å². The van der Waals surface area contributed by atoms with Crippen LogP contribution in [0.4, 0.5) is 0 Å². The Morgan fingerprint density at radius 2 is 1.78 bits per heavy atom. The monoisotopic (exact) mass is 254 g/mol. The summed E-state index contributed by atoms with van der Waals surface area (Å²) in [5, 5.41) is 10.3. The molecule has 1 aromatic carbocycles. The number of hydrogen-bond donors (Lipinski definition) is 1. The highest BCUT2D eigenvalue weighted by Gasteiger charge is 2.25. The highest BCUT2D eigenvalue weighted by Crippen LogP contribution is 2.36. The van der Waals surface area contributed by atoms with Crippen LogP contribution in [0.1, 0.15) is 18.1 Å². The molecule has 5 nitrogen and oxygen atoms in total. The van der Waals surface area contributed by atoms with Gasteiger partial charge in [0, 0.05) is 6.42 Å². The van der Waals surface area contributed by atoms with Crippen molar-refractivity contribution in [1.82, 2.24) is 0 Å². The zero-order valence-electron chi connectivity index (χ0n) is 10.6. The normalized spacial score (nSPS) is 17.7. The molecule has 1 saturated heterocycles. The summed E-state index contributed by atoms with van der Waals surface area (Å²) in [6.07, 6.45) is -0.759. The van der Waals surface area contributed by atoms with Crippen LogP contribution in [0.3, 0.4) is 0 Å². The van der Waals surface area contributed by atoms with Crippen LogP contribution in [0.2, 0.25) is 0 Å². The van der Waals surface area contributed by atoms with Crippen molar-refractivity contribution in [2.24, 2.45) is 0 Å². The number of aliphatic hydroxyl groups is 1. The lowest BCUT2D eigenvalue weighted by molar-refractivity contribution is -0.0712. The molecule has 1 atom stereocenters. The molecule has 2 rings (SSSR count). The molecule has 0 aromatic heterocycles. The topological polar surface area (TPSA) is 57.2 Å². The van der Waals surface area contributed by atoms with Gasteiger partial charge >= 0.3 is 0 Å². The lowest BCUT2D eigenvalue weighted by Crippen LogP contribution is -2.14. The fourth-order valence-corrected chi connectivity index (χ4v) is 2.05. The minimum atomic E-state index is -0.751. The largest absolute Gasteiger partial charge is 0.496 e. The molecule has 1 unspecified atom stereocenters. The van der Waals surface area contributed by atoms with Crippen LogP contribution in [-0.2, 0) is 9.47 Å². The Morgan fingerprint density at radius 3 is 2.28 bits per heavy atom. The van der Waals surface area contributed by atoms with Crippen LogP contribution in [0.25, 0.3) is 0 Å². The van der Waals surface area contributed by atoms with E-state index in [1.54, 1.807) is 26.4 Å². The number of hydrogen-bond acceptors (Lipinski definition) is 5. The van der Waals surface area contributed by atoms with E-state index in [2.05, 4.69) is 0 Å². The van der Waals surface area contributed by atoms with E-state index >= 15 is 0 Å². The third-order valence-corrected chi connectivity index (χ3v) is 2.91. The molecule has 100 valence electrons. The summed E-state index contributed by atoms with van der Waals surface area (Å²) in [6.45, 7) is 1.14. The van der Waals surface area contributed by atoms with Crippen LogP contribution < -0.4 is 9.47 Å². The molecule has 1 aliphatic heterocycles. The number of methoxy groups -OCH3 is 2. The average Bonchev–Trinajstić information content (AvgIpc) is 2.90. The number of rotatable bonds is 5. The Morgan fingerprint density at radius 1 is 1.22 bits per heavy atom. The van der Waals surface area contributed by atoms with E-state index in [9.17, 15) is 5.11 Å². The van der Waals surface area contributed by atoms with E-state index in [1.807, 2.05) is 6.07 Å². The summed E-state index contributed by atoms with van der Waals surface area (Å²) >= 11 is 0. The van der Waals surface area contributed by atoms with Gasteiger partial charge in [0.2, 0.25) is 0 Å². The van der Waals surface area contributed by atoms with Crippen LogP contribution in [0, 0.1) is 0 Å². The molecule has 0 spiro atoms. The lowest BCUT2D eigenvalue weighted by atomic mass is 10.0. The van der Waals surface area contributed by atoms with Gasteiger partial charge in [-0.3, -0.25) is 0 Å². The van der Waals surface area contributed by atoms with Gasteiger partial charge in [0.15, 0.2) is 6.29 Å². The summed E-state index contributed by atoms with van der Waals surface area (Å²) in [6, 6.07) is 5.39. The third-order valence-electron chi connectivity index (χ3n) is 2.91. The molecular formula is C13H18O5. The van der Waals surface area contributed by atoms with Crippen molar-refractivity contribution in [2.75, 3.05) is 27.4 Å². The lowest BCUT2D eigenvalue weighted by Gasteiger charge is -2.19. The first kappa shape index (κ1) is 13.1. The van der Waals surface area contributed by atoms with E-state index < -0.39 is 6.10 Å². The molecule has 5 heteroatoms. The first-order valence-electron chi connectivity index (χ1n) is 5.88. The molecule has 0 bridgehead atoms. The van der Waals surface area contributed by atoms with Crippen LogP contribution in [-0.4, -0.2) is 38.8 Å². The molecule has 1 aliphatic rings. The number of benzene rings is 1. The van der Waals surface area contributed by atoms with Crippen molar-refractivity contribution in [3.05, 3.63) is 23.8 Å². The Kier molecular flexibility index (Phi) is 4.41. The molecule has 0 amide bonds. The van der Waals surface area contributed by atoms with Crippen molar-refractivity contribution in [3.63, 3.8) is 0 Å². The van der Waals surface area contributed by atoms with Gasteiger partial charge in [-0.1, -0.05) is 6.07 Å². The second kappa shape index (κ2) is 6.04. The smallest absolute Gasteiger partial charge is 0.160 e. The summed E-state index contributed by atoms with van der Waals surface area (Å²) < 4.78 is 21.2. The molecule has 0 radical (unpaired) electrons. The first-order valence-corrected chi connectivity index (χ1v) is 5.88. The molecule has 0 aliphatic carbocycles. The molecular weight excluding hydrogens is 236 g/mol. The minimum Gasteiger partial charge on any atom is -0.496 e. The van der Waals surface area contributed by atoms with E-state index in [4.69, 9.17) is 18.9 Å². The van der Waals surface area contributed by atoms with E-state index in [0.717, 1.165) is 0 Å². The quantitative estimate of drug-likeness (QED) is 0.863. The summed E-state index contributed by atoms with van der Waals surface area (Å²) in [5.41, 5.74) is 0.626. The fraction of sp³-hybridized carbons (Fsp3) is 0.538. The third kappa shape index (κ3) is 2.75. The zero-order valence-corrected chi connectivity index (χ0v) is 10.6. The van der Waals surface area contributed by atoms with Crippen molar-refractivity contribution in [3.8, 4) is 11.5 Å². The standard InChI is InChI=1S/C13H18O5/c1-15-10-4-3-5-11(16-2)13(10)9(14)8-12-17-6-7-18-12/h3-5,9,12,14H,6-8H2,1-2H3. The van der Waals surface area contributed by atoms with Crippen LogP contribution in [0.15, 0.2) is 18.2 Å². The minimum absolute atomic E-state index is 0.358. The van der Waals surface area contributed by atoms with E-state index in [0.29, 0.717) is 36.7 Å². The predicted octanol–water partition coefficient (Wildman–Crippen LogP) is 1.50. The van der Waals surface area contributed by atoms with Gasteiger partial charge in [0.05, 0.1) is 39.1 Å². The number of aliphatic hydroxyl groups excluding tert-OH is 1. The van der Waals surface area contributed by atoms with Gasteiger partial charge in [-0.15, -0.1) is 0 Å². The maximum atomic E-state index is 10.3. The van der Waals surface area contributed by atoms with Gasteiger partial charge < -0.3 is 24.1 Å². The Bertz CT molecular complexity index is 365. The molecule has 18 heavy (non-hydrogen) atoms. The van der Waals surface area contributed by atoms with E-state index in [1.165, 1.54) is 0 Å². The van der Waals surface area contributed by atoms with Crippen LogP contribution >= 0.6 is 0 Å². The number of ether oxygens (including phenoxy) is 4. The Hall–Kier alpha value is -1.30. The van der Waals surface area contributed by atoms with Gasteiger partial charge in [-0.05, 0) is 12.1 Å². The SMILES string of the molecule is COc1cccc(OC)c1C(O)CC1OCCO1. The molecule has 0 saturated carbocycles. The molecule has 1 N–H and O–H groups in total. The van der Waals surface area contributed by atoms with Crippen LogP contribution in [0.5, 0.6) is 11.5 Å². The van der Waals surface area contributed by atoms with Crippen molar-refractivity contribution < 1.29 is 24.1 Å². The maximum absolute atomic E-state index is 10.3. The summed E-state index contributed by atoms with van der Waals surface area (Å²) in [5.74, 6) is 1.19. The second-order valence-electron chi connectivity index (χ2n) is 4.00. The van der Waals surface area contributed by atoms with Gasteiger partial charge in [0.1, 0.15) is 11.5 Å². The predicted molar refractivity (Wildman–Crippen MR) is 64.8 cm³/mol. The van der Waals surface area contributed by atoms with Crippen molar-refractivity contribution >= 4 is 0 Å². The van der Waals surface area contributed by atoms with E-state index in [-0.39, 0.29) is 6.29 Å². The maximum Gasteiger partial charge on any atom is 0.160 e.